The molecule has 0 radical (unpaired) electrons. The third-order valence-corrected chi connectivity index (χ3v) is 2.37. The Labute approximate surface area is 138 Å². The summed E-state index contributed by atoms with van der Waals surface area (Å²) >= 11 is 0. The van der Waals surface area contributed by atoms with E-state index in [1.54, 1.807) is 0 Å². The Balaban J connectivity index is -0.000000508. The standard InChI is InChI=1S/C12H24O3.C4H9.Li/c1-2-3-4-5-6-7-8-9-10-15-11-12(13)14;1-4(2)3;/h2-11H2,1H3,(H,13,14);1-3H3;/q;-1;+1. The van der Waals surface area contributed by atoms with Gasteiger partial charge in [-0.3, -0.25) is 0 Å². The minimum Gasteiger partial charge on any atom is -0.480 e. The van der Waals surface area contributed by atoms with Gasteiger partial charge in [0.1, 0.15) is 6.61 Å². The second-order valence-corrected chi connectivity index (χ2v) is 5.42. The predicted octanol–water partition coefficient (Wildman–Crippen LogP) is 1.85. The molecule has 0 heterocycles. The molecule has 1 N–H and O–H groups in total. The Morgan fingerprint density at radius 1 is 0.950 bits per heavy atom. The summed E-state index contributed by atoms with van der Waals surface area (Å²) in [6.07, 6.45) is 10.0. The first-order chi connectivity index (χ1) is 9.00. The number of carboxylic acid groups (broad SMARTS) is 1. The van der Waals surface area contributed by atoms with E-state index in [0.29, 0.717) is 6.61 Å². The van der Waals surface area contributed by atoms with Crippen LogP contribution in [0.5, 0.6) is 0 Å². The van der Waals surface area contributed by atoms with Crippen LogP contribution in [0.3, 0.4) is 0 Å². The molecule has 0 amide bonds. The maximum absolute atomic E-state index is 10.1. The molecular formula is C16H33LiO3. The molecule has 20 heavy (non-hydrogen) atoms. The molecule has 0 saturated carbocycles. The number of carboxylic acids is 1. The zero-order valence-electron chi connectivity index (χ0n) is 14.3. The third kappa shape index (κ3) is 36.1. The van der Waals surface area contributed by atoms with Gasteiger partial charge >= 0.3 is 24.8 Å². The van der Waals surface area contributed by atoms with E-state index in [0.717, 1.165) is 12.8 Å². The average Bonchev–Trinajstić information content (AvgIpc) is 2.30. The fourth-order valence-electron chi connectivity index (χ4n) is 1.50. The summed E-state index contributed by atoms with van der Waals surface area (Å²) in [4.78, 5) is 10.1. The summed E-state index contributed by atoms with van der Waals surface area (Å²) in [7, 11) is 0. The minimum atomic E-state index is -0.880. The van der Waals surface area contributed by atoms with E-state index in [-0.39, 0.29) is 25.5 Å². The number of hydrogen-bond donors (Lipinski definition) is 1. The first-order valence-corrected chi connectivity index (χ1v) is 7.57. The van der Waals surface area contributed by atoms with Crippen LogP contribution in [0.4, 0.5) is 0 Å². The molecule has 0 aromatic carbocycles. The number of hydrogen-bond acceptors (Lipinski definition) is 2. The summed E-state index contributed by atoms with van der Waals surface area (Å²) in [5, 5.41) is 8.31. The van der Waals surface area contributed by atoms with Gasteiger partial charge in [0, 0.05) is 6.61 Å². The maximum Gasteiger partial charge on any atom is 1.00 e. The molecule has 0 aromatic heterocycles. The second kappa shape index (κ2) is 21.3. The van der Waals surface area contributed by atoms with Gasteiger partial charge < -0.3 is 15.8 Å². The molecule has 0 aromatic rings. The fourth-order valence-corrected chi connectivity index (χ4v) is 1.50. The first kappa shape index (κ1) is 25.0. The largest absolute Gasteiger partial charge is 1.00 e. The van der Waals surface area contributed by atoms with Crippen molar-refractivity contribution in [1.29, 1.82) is 0 Å². The van der Waals surface area contributed by atoms with Crippen molar-refractivity contribution in [3.63, 3.8) is 0 Å². The van der Waals surface area contributed by atoms with E-state index in [9.17, 15) is 4.79 Å². The predicted molar refractivity (Wildman–Crippen MR) is 81.3 cm³/mol. The van der Waals surface area contributed by atoms with Gasteiger partial charge in [0.25, 0.3) is 0 Å². The molecule has 0 atom stereocenters. The van der Waals surface area contributed by atoms with Crippen LogP contribution in [-0.2, 0) is 9.53 Å². The molecule has 0 fully saturated rings. The maximum atomic E-state index is 10.1. The van der Waals surface area contributed by atoms with E-state index >= 15 is 0 Å². The SMILES string of the molecule is CCCCCCCCCCOCC(=O)O.C[C-](C)C.[Li+]. The monoisotopic (exact) mass is 280 g/mol. The quantitative estimate of drug-likeness (QED) is 0.357. The molecule has 0 bridgehead atoms. The van der Waals surface area contributed by atoms with Crippen molar-refractivity contribution >= 4 is 5.97 Å². The minimum absolute atomic E-state index is 0. The van der Waals surface area contributed by atoms with Crippen molar-refractivity contribution in [2.24, 2.45) is 0 Å². The van der Waals surface area contributed by atoms with Gasteiger partial charge in [-0.2, -0.15) is 20.8 Å². The molecule has 0 rings (SSSR count). The third-order valence-electron chi connectivity index (χ3n) is 2.37. The van der Waals surface area contributed by atoms with Crippen LogP contribution in [0.25, 0.3) is 0 Å². The van der Waals surface area contributed by atoms with Gasteiger partial charge in [-0.05, 0) is 6.42 Å². The summed E-state index contributed by atoms with van der Waals surface area (Å²) < 4.78 is 4.94. The Hall–Kier alpha value is 0.0274. The van der Waals surface area contributed by atoms with Gasteiger partial charge in [-0.25, -0.2) is 4.79 Å². The molecule has 116 valence electrons. The van der Waals surface area contributed by atoms with E-state index in [1.807, 2.05) is 0 Å². The topological polar surface area (TPSA) is 46.5 Å². The molecule has 0 aliphatic carbocycles. The van der Waals surface area contributed by atoms with Crippen molar-refractivity contribution in [1.82, 2.24) is 0 Å². The fraction of sp³-hybridized carbons (Fsp3) is 0.875. The van der Waals surface area contributed by atoms with E-state index < -0.39 is 5.97 Å². The van der Waals surface area contributed by atoms with Crippen molar-refractivity contribution in [3.05, 3.63) is 5.92 Å². The Morgan fingerprint density at radius 2 is 1.35 bits per heavy atom. The zero-order chi connectivity index (χ0) is 14.9. The van der Waals surface area contributed by atoms with Crippen LogP contribution < -0.4 is 18.9 Å². The van der Waals surface area contributed by atoms with Crippen molar-refractivity contribution in [3.8, 4) is 0 Å². The van der Waals surface area contributed by atoms with Gasteiger partial charge in [-0.1, -0.05) is 51.9 Å². The average molecular weight is 280 g/mol. The summed E-state index contributed by atoms with van der Waals surface area (Å²) in [6, 6.07) is 0. The second-order valence-electron chi connectivity index (χ2n) is 5.42. The molecule has 0 aliphatic heterocycles. The number of unbranched alkanes of at least 4 members (excludes halogenated alkanes) is 7. The first-order valence-electron chi connectivity index (χ1n) is 7.57. The van der Waals surface area contributed by atoms with Crippen LogP contribution in [0.1, 0.15) is 79.1 Å². The Kier molecular flexibility index (Phi) is 26.7. The van der Waals surface area contributed by atoms with Gasteiger partial charge in [-0.15, -0.1) is 0 Å². The van der Waals surface area contributed by atoms with Crippen molar-refractivity contribution in [2.75, 3.05) is 13.2 Å². The Bertz CT molecular complexity index is 182. The van der Waals surface area contributed by atoms with Crippen LogP contribution in [0.15, 0.2) is 0 Å². The van der Waals surface area contributed by atoms with E-state index in [4.69, 9.17) is 9.84 Å². The molecule has 0 saturated heterocycles. The normalized spacial score (nSPS) is 9.65. The van der Waals surface area contributed by atoms with Crippen molar-refractivity contribution in [2.45, 2.75) is 79.1 Å². The Morgan fingerprint density at radius 3 is 1.75 bits per heavy atom. The van der Waals surface area contributed by atoms with E-state index in [1.165, 1.54) is 44.4 Å². The number of aliphatic carboxylic acids is 1. The molecule has 4 heteroatoms. The number of carbonyl (C=O) groups is 1. The van der Waals surface area contributed by atoms with Crippen LogP contribution in [0, 0.1) is 5.92 Å². The molecule has 0 aliphatic rings. The van der Waals surface area contributed by atoms with Crippen LogP contribution >= 0.6 is 0 Å². The summed E-state index contributed by atoms with van der Waals surface area (Å²) in [5.41, 5.74) is 0. The van der Waals surface area contributed by atoms with Gasteiger partial charge in [0.05, 0.1) is 0 Å². The summed E-state index contributed by atoms with van der Waals surface area (Å²) in [6.45, 7) is 8.90. The van der Waals surface area contributed by atoms with Crippen LogP contribution in [0.2, 0.25) is 0 Å². The van der Waals surface area contributed by atoms with E-state index in [2.05, 4.69) is 27.7 Å². The number of ether oxygens (including phenoxy) is 1. The van der Waals surface area contributed by atoms with Gasteiger partial charge in [0.2, 0.25) is 0 Å². The molecule has 0 spiro atoms. The molecule has 0 unspecified atom stereocenters. The van der Waals surface area contributed by atoms with Crippen molar-refractivity contribution < 1.29 is 33.5 Å². The molecule has 3 nitrogen and oxygen atoms in total. The smallest absolute Gasteiger partial charge is 0.480 e. The molecular weight excluding hydrogens is 247 g/mol. The zero-order valence-corrected chi connectivity index (χ0v) is 14.3. The number of rotatable bonds is 11. The summed E-state index contributed by atoms with van der Waals surface area (Å²) in [5.74, 6) is 0.537. The van der Waals surface area contributed by atoms with Crippen LogP contribution in [-0.4, -0.2) is 24.3 Å². The van der Waals surface area contributed by atoms with Gasteiger partial charge in [0.15, 0.2) is 0 Å².